The molecule has 1 saturated heterocycles. The Kier molecular flexibility index (Phi) is 3.74. The normalized spacial score (nSPS) is 19.2. The minimum absolute atomic E-state index is 0.0185. The third-order valence-electron chi connectivity index (χ3n) is 3.57. The van der Waals surface area contributed by atoms with E-state index in [1.54, 1.807) is 0 Å². The molecular weight excluding hydrogens is 224 g/mol. The summed E-state index contributed by atoms with van der Waals surface area (Å²) >= 11 is 0. The van der Waals surface area contributed by atoms with Crippen molar-refractivity contribution in [3.8, 4) is 0 Å². The maximum Gasteiger partial charge on any atom is 0.126 e. The van der Waals surface area contributed by atoms with Gasteiger partial charge in [-0.3, -0.25) is 0 Å². The van der Waals surface area contributed by atoms with Crippen LogP contribution in [-0.2, 0) is 6.42 Å². The molecule has 17 heavy (non-hydrogen) atoms. The maximum absolute atomic E-state index is 13.6. The van der Waals surface area contributed by atoms with Gasteiger partial charge in [-0.2, -0.15) is 0 Å². The molecule has 1 fully saturated rings. The molecule has 1 aliphatic heterocycles. The Bertz CT molecular complexity index is 389. The van der Waals surface area contributed by atoms with Gasteiger partial charge in [0.1, 0.15) is 11.6 Å². The first-order valence-corrected chi connectivity index (χ1v) is 5.91. The second kappa shape index (κ2) is 5.10. The molecule has 0 saturated carbocycles. The van der Waals surface area contributed by atoms with Crippen LogP contribution in [0.3, 0.4) is 0 Å². The second-order valence-electron chi connectivity index (χ2n) is 4.82. The van der Waals surface area contributed by atoms with Crippen molar-refractivity contribution in [1.29, 1.82) is 0 Å². The van der Waals surface area contributed by atoms with Gasteiger partial charge in [-0.1, -0.05) is 0 Å². The summed E-state index contributed by atoms with van der Waals surface area (Å²) in [6.45, 7) is 1.65. The van der Waals surface area contributed by atoms with Crippen molar-refractivity contribution in [3.05, 3.63) is 35.4 Å². The molecule has 1 aromatic rings. The number of rotatable bonds is 3. The van der Waals surface area contributed by atoms with E-state index >= 15 is 0 Å². The first kappa shape index (κ1) is 12.5. The van der Waals surface area contributed by atoms with Crippen LogP contribution in [0.4, 0.5) is 8.78 Å². The van der Waals surface area contributed by atoms with Crippen LogP contribution in [0.5, 0.6) is 0 Å². The Morgan fingerprint density at radius 3 is 2.59 bits per heavy atom. The van der Waals surface area contributed by atoms with Crippen LogP contribution >= 0.6 is 0 Å². The minimum atomic E-state index is -0.427. The fourth-order valence-electron chi connectivity index (χ4n) is 2.43. The van der Waals surface area contributed by atoms with Crippen LogP contribution < -0.4 is 5.32 Å². The Hall–Kier alpha value is -1.00. The first-order chi connectivity index (χ1) is 8.15. The quantitative estimate of drug-likeness (QED) is 0.846. The number of hydrogen-bond acceptors (Lipinski definition) is 2. The molecular formula is C13H17F2NO. The molecule has 94 valence electrons. The van der Waals surface area contributed by atoms with E-state index in [1.165, 1.54) is 6.07 Å². The number of nitrogens with one attached hydrogen (secondary N) is 1. The van der Waals surface area contributed by atoms with Crippen molar-refractivity contribution in [1.82, 2.24) is 5.32 Å². The van der Waals surface area contributed by atoms with Gasteiger partial charge in [0.05, 0.1) is 0 Å². The van der Waals surface area contributed by atoms with Gasteiger partial charge in [-0.25, -0.2) is 8.78 Å². The standard InChI is InChI=1S/C13H17F2NO/c14-11-1-2-12(15)10(7-11)8-13(9-17)3-5-16-6-4-13/h1-2,7,16-17H,3-6,8-9H2. The smallest absolute Gasteiger partial charge is 0.126 e. The largest absolute Gasteiger partial charge is 0.396 e. The Morgan fingerprint density at radius 2 is 1.94 bits per heavy atom. The summed E-state index contributed by atoms with van der Waals surface area (Å²) in [7, 11) is 0. The number of piperidine rings is 1. The molecule has 2 N–H and O–H groups in total. The third kappa shape index (κ3) is 2.82. The molecule has 0 bridgehead atoms. The van der Waals surface area contributed by atoms with Crippen molar-refractivity contribution in [3.63, 3.8) is 0 Å². The van der Waals surface area contributed by atoms with Crippen LogP contribution in [0, 0.1) is 17.0 Å². The van der Waals surface area contributed by atoms with Crippen LogP contribution in [0.25, 0.3) is 0 Å². The monoisotopic (exact) mass is 241 g/mol. The van der Waals surface area contributed by atoms with Gasteiger partial charge < -0.3 is 10.4 Å². The van der Waals surface area contributed by atoms with Gasteiger partial charge in [0.25, 0.3) is 0 Å². The fourth-order valence-corrected chi connectivity index (χ4v) is 2.43. The third-order valence-corrected chi connectivity index (χ3v) is 3.57. The average molecular weight is 241 g/mol. The van der Waals surface area contributed by atoms with Gasteiger partial charge >= 0.3 is 0 Å². The van der Waals surface area contributed by atoms with Gasteiger partial charge in [-0.05, 0) is 61.5 Å². The first-order valence-electron chi connectivity index (χ1n) is 5.91. The van der Waals surface area contributed by atoms with Crippen LogP contribution in [0.2, 0.25) is 0 Å². The zero-order chi connectivity index (χ0) is 12.3. The van der Waals surface area contributed by atoms with E-state index in [0.29, 0.717) is 12.0 Å². The lowest BCUT2D eigenvalue weighted by Crippen LogP contribution is -2.40. The maximum atomic E-state index is 13.6. The van der Waals surface area contributed by atoms with Crippen molar-refractivity contribution >= 4 is 0 Å². The summed E-state index contributed by atoms with van der Waals surface area (Å²) in [5, 5.41) is 12.7. The molecule has 1 aromatic carbocycles. The number of halogens is 2. The fraction of sp³-hybridized carbons (Fsp3) is 0.538. The lowest BCUT2D eigenvalue weighted by Gasteiger charge is -2.36. The highest BCUT2D eigenvalue weighted by Crippen LogP contribution is 2.33. The molecule has 1 heterocycles. The van der Waals surface area contributed by atoms with E-state index in [0.717, 1.165) is 38.1 Å². The number of aliphatic hydroxyl groups is 1. The van der Waals surface area contributed by atoms with E-state index in [-0.39, 0.29) is 12.0 Å². The molecule has 2 rings (SSSR count). The summed E-state index contributed by atoms with van der Waals surface area (Å²) in [5.41, 5.74) is 0.0563. The summed E-state index contributed by atoms with van der Waals surface area (Å²) in [4.78, 5) is 0. The predicted molar refractivity (Wildman–Crippen MR) is 61.7 cm³/mol. The van der Waals surface area contributed by atoms with Crippen LogP contribution in [0.1, 0.15) is 18.4 Å². The Labute approximate surface area is 99.7 Å². The molecule has 0 aliphatic carbocycles. The Morgan fingerprint density at radius 1 is 1.24 bits per heavy atom. The van der Waals surface area contributed by atoms with Crippen molar-refractivity contribution < 1.29 is 13.9 Å². The number of aliphatic hydroxyl groups excluding tert-OH is 1. The highest BCUT2D eigenvalue weighted by atomic mass is 19.1. The minimum Gasteiger partial charge on any atom is -0.396 e. The summed E-state index contributed by atoms with van der Waals surface area (Å²) in [5.74, 6) is -0.818. The topological polar surface area (TPSA) is 32.3 Å². The molecule has 2 nitrogen and oxygen atoms in total. The highest BCUT2D eigenvalue weighted by molar-refractivity contribution is 5.20. The number of benzene rings is 1. The predicted octanol–water partition coefficient (Wildman–Crippen LogP) is 1.87. The lowest BCUT2D eigenvalue weighted by molar-refractivity contribution is 0.0884. The van der Waals surface area contributed by atoms with E-state index in [2.05, 4.69) is 5.32 Å². The molecule has 1 aliphatic rings. The summed E-state index contributed by atoms with van der Waals surface area (Å²) in [6, 6.07) is 3.50. The zero-order valence-corrected chi connectivity index (χ0v) is 9.68. The molecule has 0 radical (unpaired) electrons. The van der Waals surface area contributed by atoms with E-state index in [1.807, 2.05) is 0 Å². The highest BCUT2D eigenvalue weighted by Gasteiger charge is 2.32. The average Bonchev–Trinajstić information content (AvgIpc) is 2.35. The zero-order valence-electron chi connectivity index (χ0n) is 9.68. The van der Waals surface area contributed by atoms with Gasteiger partial charge in [-0.15, -0.1) is 0 Å². The summed E-state index contributed by atoms with van der Waals surface area (Å²) < 4.78 is 26.7. The lowest BCUT2D eigenvalue weighted by atomic mass is 9.75. The SMILES string of the molecule is OCC1(Cc2cc(F)ccc2F)CCNCC1. The molecule has 0 unspecified atom stereocenters. The van der Waals surface area contributed by atoms with Crippen molar-refractivity contribution in [2.45, 2.75) is 19.3 Å². The molecule has 0 aromatic heterocycles. The Balaban J connectivity index is 2.20. The van der Waals surface area contributed by atoms with Crippen molar-refractivity contribution in [2.24, 2.45) is 5.41 Å². The number of hydrogen-bond donors (Lipinski definition) is 2. The van der Waals surface area contributed by atoms with E-state index in [9.17, 15) is 13.9 Å². The second-order valence-corrected chi connectivity index (χ2v) is 4.82. The van der Waals surface area contributed by atoms with Gasteiger partial charge in [0.15, 0.2) is 0 Å². The van der Waals surface area contributed by atoms with Gasteiger partial charge in [0, 0.05) is 6.61 Å². The summed E-state index contributed by atoms with van der Waals surface area (Å²) in [6.07, 6.45) is 1.98. The van der Waals surface area contributed by atoms with E-state index < -0.39 is 11.6 Å². The molecule has 0 atom stereocenters. The molecule has 0 amide bonds. The molecule has 0 spiro atoms. The van der Waals surface area contributed by atoms with E-state index in [4.69, 9.17) is 0 Å². The van der Waals surface area contributed by atoms with Crippen LogP contribution in [-0.4, -0.2) is 24.8 Å². The molecule has 4 heteroatoms. The van der Waals surface area contributed by atoms with Crippen LogP contribution in [0.15, 0.2) is 18.2 Å². The van der Waals surface area contributed by atoms with Crippen molar-refractivity contribution in [2.75, 3.05) is 19.7 Å². The van der Waals surface area contributed by atoms with Gasteiger partial charge in [0.2, 0.25) is 0 Å².